The molecule has 4 heteroatoms. The Morgan fingerprint density at radius 2 is 1.72 bits per heavy atom. The summed E-state index contributed by atoms with van der Waals surface area (Å²) >= 11 is 0. The predicted octanol–water partition coefficient (Wildman–Crippen LogP) is 3.04. The third kappa shape index (κ3) is 2.87. The number of hydrogen-bond donors (Lipinski definition) is 0. The fourth-order valence-corrected chi connectivity index (χ4v) is 2.03. The van der Waals surface area contributed by atoms with Gasteiger partial charge in [-0.1, -0.05) is 0 Å². The Kier molecular flexibility index (Phi) is 4.30. The average molecular weight is 250 g/mol. The second-order valence-electron chi connectivity index (χ2n) is 4.69. The first-order chi connectivity index (χ1) is 8.67. The van der Waals surface area contributed by atoms with Crippen LogP contribution in [0.1, 0.15) is 61.7 Å². The topological polar surface area (TPSA) is 44.2 Å². The Labute approximate surface area is 109 Å². The van der Waals surface area contributed by atoms with Gasteiger partial charge in [-0.15, -0.1) is 0 Å². The third-order valence-corrected chi connectivity index (χ3v) is 3.26. The van der Waals surface area contributed by atoms with Crippen molar-refractivity contribution < 1.29 is 9.47 Å². The van der Waals surface area contributed by atoms with Crippen LogP contribution in [0.4, 0.5) is 0 Å². The van der Waals surface area contributed by atoms with E-state index < -0.39 is 6.29 Å². The van der Waals surface area contributed by atoms with Gasteiger partial charge in [0.05, 0.1) is 5.69 Å². The maximum Gasteiger partial charge on any atom is 0.219 e. The smallest absolute Gasteiger partial charge is 0.219 e. The van der Waals surface area contributed by atoms with Crippen LogP contribution in [-0.2, 0) is 9.47 Å². The van der Waals surface area contributed by atoms with E-state index in [0.29, 0.717) is 25.0 Å². The van der Waals surface area contributed by atoms with Gasteiger partial charge in [-0.2, -0.15) is 0 Å². The van der Waals surface area contributed by atoms with Crippen molar-refractivity contribution in [1.82, 2.24) is 9.97 Å². The number of rotatable bonds is 6. The zero-order chi connectivity index (χ0) is 13.1. The van der Waals surface area contributed by atoms with Gasteiger partial charge in [-0.05, 0) is 46.1 Å². The van der Waals surface area contributed by atoms with Gasteiger partial charge in [0.25, 0.3) is 0 Å². The molecule has 2 rings (SSSR count). The van der Waals surface area contributed by atoms with Crippen molar-refractivity contribution in [3.8, 4) is 0 Å². The van der Waals surface area contributed by atoms with E-state index in [4.69, 9.17) is 9.47 Å². The van der Waals surface area contributed by atoms with Crippen molar-refractivity contribution in [1.29, 1.82) is 0 Å². The van der Waals surface area contributed by atoms with E-state index in [-0.39, 0.29) is 0 Å². The van der Waals surface area contributed by atoms with Gasteiger partial charge in [-0.3, -0.25) is 0 Å². The van der Waals surface area contributed by atoms with E-state index in [1.807, 2.05) is 20.8 Å². The summed E-state index contributed by atoms with van der Waals surface area (Å²) in [6.07, 6.45) is 2.05. The molecule has 0 N–H and O–H groups in total. The van der Waals surface area contributed by atoms with Gasteiger partial charge in [-0.25, -0.2) is 9.97 Å². The molecule has 1 aliphatic carbocycles. The van der Waals surface area contributed by atoms with Crippen LogP contribution < -0.4 is 0 Å². The van der Waals surface area contributed by atoms with Crippen molar-refractivity contribution in [3.05, 3.63) is 22.8 Å². The maximum atomic E-state index is 5.57. The maximum absolute atomic E-state index is 5.57. The molecule has 1 fully saturated rings. The molecule has 0 atom stereocenters. The second-order valence-corrected chi connectivity index (χ2v) is 4.69. The molecule has 1 aromatic heterocycles. The summed E-state index contributed by atoms with van der Waals surface area (Å²) in [7, 11) is 0. The second kappa shape index (κ2) is 5.76. The first-order valence-corrected chi connectivity index (χ1v) is 6.75. The SMILES string of the molecule is CCOC(OCC)c1nc(C)c(C)c(C2CC2)n1. The normalized spacial score (nSPS) is 15.4. The molecule has 0 aromatic carbocycles. The lowest BCUT2D eigenvalue weighted by molar-refractivity contribution is -0.145. The van der Waals surface area contributed by atoms with Crippen molar-refractivity contribution >= 4 is 0 Å². The molecule has 0 bridgehead atoms. The molecule has 4 nitrogen and oxygen atoms in total. The van der Waals surface area contributed by atoms with Gasteiger partial charge < -0.3 is 9.47 Å². The number of ether oxygens (including phenoxy) is 2. The van der Waals surface area contributed by atoms with Crippen LogP contribution >= 0.6 is 0 Å². The molecule has 18 heavy (non-hydrogen) atoms. The van der Waals surface area contributed by atoms with Crippen molar-refractivity contribution in [2.45, 2.75) is 52.7 Å². The summed E-state index contributed by atoms with van der Waals surface area (Å²) in [5.74, 6) is 1.29. The van der Waals surface area contributed by atoms with Crippen LogP contribution in [0.15, 0.2) is 0 Å². The fourth-order valence-electron chi connectivity index (χ4n) is 2.03. The van der Waals surface area contributed by atoms with Crippen LogP contribution in [0.25, 0.3) is 0 Å². The molecule has 1 aromatic rings. The highest BCUT2D eigenvalue weighted by atomic mass is 16.7. The Morgan fingerprint density at radius 3 is 2.22 bits per heavy atom. The molecule has 1 heterocycles. The molecular formula is C14H22N2O2. The molecule has 0 radical (unpaired) electrons. The largest absolute Gasteiger partial charge is 0.346 e. The molecular weight excluding hydrogens is 228 g/mol. The van der Waals surface area contributed by atoms with Crippen LogP contribution in [0.5, 0.6) is 0 Å². The zero-order valence-corrected chi connectivity index (χ0v) is 11.7. The average Bonchev–Trinajstić information content (AvgIpc) is 3.16. The van der Waals surface area contributed by atoms with Crippen molar-refractivity contribution in [2.75, 3.05) is 13.2 Å². The lowest BCUT2D eigenvalue weighted by Gasteiger charge is -2.18. The predicted molar refractivity (Wildman–Crippen MR) is 69.5 cm³/mol. The summed E-state index contributed by atoms with van der Waals surface area (Å²) in [6.45, 7) is 9.23. The lowest BCUT2D eigenvalue weighted by atomic mass is 10.1. The molecule has 0 spiro atoms. The van der Waals surface area contributed by atoms with E-state index in [1.165, 1.54) is 24.1 Å². The minimum absolute atomic E-state index is 0.434. The van der Waals surface area contributed by atoms with Gasteiger partial charge in [0.2, 0.25) is 6.29 Å². The van der Waals surface area contributed by atoms with E-state index >= 15 is 0 Å². The van der Waals surface area contributed by atoms with Gasteiger partial charge in [0, 0.05) is 24.8 Å². The van der Waals surface area contributed by atoms with Crippen molar-refractivity contribution in [3.63, 3.8) is 0 Å². The monoisotopic (exact) mass is 250 g/mol. The van der Waals surface area contributed by atoms with Crippen LogP contribution in [0.2, 0.25) is 0 Å². The number of aromatic nitrogens is 2. The van der Waals surface area contributed by atoms with Gasteiger partial charge in [0.15, 0.2) is 5.82 Å². The van der Waals surface area contributed by atoms with Gasteiger partial charge in [0.1, 0.15) is 0 Å². The van der Waals surface area contributed by atoms with E-state index in [2.05, 4.69) is 16.9 Å². The summed E-state index contributed by atoms with van der Waals surface area (Å²) in [5.41, 5.74) is 3.43. The van der Waals surface area contributed by atoms with Crippen LogP contribution in [-0.4, -0.2) is 23.2 Å². The minimum atomic E-state index is -0.434. The van der Waals surface area contributed by atoms with E-state index in [0.717, 1.165) is 5.69 Å². The number of aryl methyl sites for hydroxylation is 1. The highest BCUT2D eigenvalue weighted by Crippen LogP contribution is 2.41. The first-order valence-electron chi connectivity index (χ1n) is 6.75. The summed E-state index contributed by atoms with van der Waals surface area (Å²) in [6, 6.07) is 0. The Morgan fingerprint density at radius 1 is 1.11 bits per heavy atom. The van der Waals surface area contributed by atoms with Gasteiger partial charge >= 0.3 is 0 Å². The fraction of sp³-hybridized carbons (Fsp3) is 0.714. The highest BCUT2D eigenvalue weighted by molar-refractivity contribution is 5.29. The number of nitrogens with zero attached hydrogens (tertiary/aromatic N) is 2. The summed E-state index contributed by atoms with van der Waals surface area (Å²) in [4.78, 5) is 9.19. The molecule has 0 aliphatic heterocycles. The van der Waals surface area contributed by atoms with E-state index in [1.54, 1.807) is 0 Å². The molecule has 0 amide bonds. The molecule has 100 valence electrons. The highest BCUT2D eigenvalue weighted by Gasteiger charge is 2.29. The first kappa shape index (κ1) is 13.4. The zero-order valence-electron chi connectivity index (χ0n) is 11.7. The Balaban J connectivity index is 2.30. The molecule has 0 unspecified atom stereocenters. The van der Waals surface area contributed by atoms with Crippen molar-refractivity contribution in [2.24, 2.45) is 0 Å². The lowest BCUT2D eigenvalue weighted by Crippen LogP contribution is -2.15. The molecule has 1 saturated carbocycles. The standard InChI is InChI=1S/C14H22N2O2/c1-5-17-14(18-6-2)13-15-10(4)9(3)12(16-13)11-7-8-11/h11,14H,5-8H2,1-4H3. The van der Waals surface area contributed by atoms with E-state index in [9.17, 15) is 0 Å². The Hall–Kier alpha value is -1.00. The number of hydrogen-bond acceptors (Lipinski definition) is 4. The summed E-state index contributed by atoms with van der Waals surface area (Å²) < 4.78 is 11.1. The quantitative estimate of drug-likeness (QED) is 0.728. The Bertz CT molecular complexity index is 411. The molecule has 1 aliphatic rings. The third-order valence-electron chi connectivity index (χ3n) is 3.26. The van der Waals surface area contributed by atoms with Crippen LogP contribution in [0, 0.1) is 13.8 Å². The van der Waals surface area contributed by atoms with Crippen LogP contribution in [0.3, 0.4) is 0 Å². The summed E-state index contributed by atoms with van der Waals surface area (Å²) in [5, 5.41) is 0. The molecule has 0 saturated heterocycles. The minimum Gasteiger partial charge on any atom is -0.346 e.